The Morgan fingerprint density at radius 3 is 2.37 bits per heavy atom. The molecule has 0 aliphatic heterocycles. The highest BCUT2D eigenvalue weighted by Gasteiger charge is 2.21. The smallest absolute Gasteiger partial charge is 0.233 e. The molecule has 2 N–H and O–H groups in total. The number of halogens is 1. The van der Waals surface area contributed by atoms with Gasteiger partial charge in [0.25, 0.3) is 0 Å². The van der Waals surface area contributed by atoms with E-state index in [-0.39, 0.29) is 23.2 Å². The normalized spacial score (nSPS) is 11.7. The maximum Gasteiger partial charge on any atom is 0.233 e. The Hall–Kier alpha value is -1.42. The molecule has 0 fully saturated rings. The summed E-state index contributed by atoms with van der Waals surface area (Å²) in [6.07, 6.45) is 0. The molecule has 0 aliphatic carbocycles. The van der Waals surface area contributed by atoms with Gasteiger partial charge in [-0.05, 0) is 17.7 Å². The molecule has 1 rings (SSSR count). The van der Waals surface area contributed by atoms with Crippen LogP contribution in [0.25, 0.3) is 0 Å². The van der Waals surface area contributed by atoms with E-state index >= 15 is 0 Å². The predicted molar refractivity (Wildman–Crippen MR) is 75.6 cm³/mol. The lowest BCUT2D eigenvalue weighted by molar-refractivity contribution is -0.120. The number of hydrogen-bond donors (Lipinski definition) is 2. The molecule has 0 aromatic heterocycles. The van der Waals surface area contributed by atoms with E-state index in [2.05, 4.69) is 10.6 Å². The molecule has 1 aromatic carbocycles. The maximum atomic E-state index is 12.9. The summed E-state index contributed by atoms with van der Waals surface area (Å²) in [5, 5.41) is 5.96. The second kappa shape index (κ2) is 6.66. The summed E-state index contributed by atoms with van der Waals surface area (Å²) in [6, 6.07) is 6.69. The largest absolute Gasteiger partial charge is 0.354 e. The zero-order chi connectivity index (χ0) is 14.5. The lowest BCUT2D eigenvalue weighted by Gasteiger charge is -2.25. The van der Waals surface area contributed by atoms with E-state index in [0.29, 0.717) is 13.1 Å². The highest BCUT2D eigenvalue weighted by molar-refractivity contribution is 5.78. The van der Waals surface area contributed by atoms with Gasteiger partial charge in [-0.3, -0.25) is 4.79 Å². The fourth-order valence-corrected chi connectivity index (χ4v) is 1.68. The van der Waals surface area contributed by atoms with Crippen molar-refractivity contribution in [2.45, 2.75) is 39.2 Å². The van der Waals surface area contributed by atoms with Crippen molar-refractivity contribution in [3.8, 4) is 0 Å². The highest BCUT2D eigenvalue weighted by atomic mass is 19.1. The van der Waals surface area contributed by atoms with Crippen molar-refractivity contribution in [1.82, 2.24) is 10.6 Å². The molecule has 0 saturated carbocycles. The molecule has 1 aromatic rings. The van der Waals surface area contributed by atoms with Gasteiger partial charge in [0, 0.05) is 18.0 Å². The van der Waals surface area contributed by atoms with Crippen molar-refractivity contribution in [2.24, 2.45) is 0 Å². The summed E-state index contributed by atoms with van der Waals surface area (Å²) < 4.78 is 12.9. The predicted octanol–water partition coefficient (Wildman–Crippen LogP) is 2.22. The van der Waals surface area contributed by atoms with Crippen LogP contribution in [-0.4, -0.2) is 25.0 Å². The molecule has 4 heteroatoms. The topological polar surface area (TPSA) is 41.1 Å². The van der Waals surface area contributed by atoms with Crippen LogP contribution < -0.4 is 10.6 Å². The quantitative estimate of drug-likeness (QED) is 0.829. The maximum absolute atomic E-state index is 12.9. The first-order valence-corrected chi connectivity index (χ1v) is 6.57. The number of nitrogens with one attached hydrogen (secondary N) is 2. The number of hydrogen-bond acceptors (Lipinski definition) is 2. The third kappa shape index (κ3) is 5.39. The molecule has 0 atom stereocenters. The van der Waals surface area contributed by atoms with E-state index in [0.717, 1.165) is 5.56 Å². The van der Waals surface area contributed by atoms with Gasteiger partial charge in [0.15, 0.2) is 0 Å². The van der Waals surface area contributed by atoms with E-state index in [1.165, 1.54) is 12.1 Å². The van der Waals surface area contributed by atoms with Gasteiger partial charge in [-0.2, -0.15) is 0 Å². The first kappa shape index (κ1) is 15.6. The van der Waals surface area contributed by atoms with Crippen molar-refractivity contribution in [2.75, 3.05) is 13.1 Å². The van der Waals surface area contributed by atoms with Crippen molar-refractivity contribution >= 4 is 5.91 Å². The molecule has 19 heavy (non-hydrogen) atoms. The Bertz CT molecular complexity index is 413. The highest BCUT2D eigenvalue weighted by Crippen LogP contribution is 2.22. The van der Waals surface area contributed by atoms with Gasteiger partial charge in [-0.25, -0.2) is 4.39 Å². The summed E-state index contributed by atoms with van der Waals surface area (Å²) >= 11 is 0. The van der Waals surface area contributed by atoms with Crippen LogP contribution in [0.2, 0.25) is 0 Å². The summed E-state index contributed by atoms with van der Waals surface area (Å²) in [5.41, 5.74) is 0.785. The lowest BCUT2D eigenvalue weighted by atomic mass is 9.84. The summed E-state index contributed by atoms with van der Waals surface area (Å²) in [4.78, 5) is 11.6. The number of rotatable bonds is 6. The van der Waals surface area contributed by atoms with Crippen LogP contribution in [0.15, 0.2) is 24.3 Å². The van der Waals surface area contributed by atoms with E-state index in [4.69, 9.17) is 0 Å². The third-order valence-corrected chi connectivity index (χ3v) is 3.02. The Kier molecular flexibility index (Phi) is 5.48. The second-order valence-electron chi connectivity index (χ2n) is 5.70. The molecule has 0 bridgehead atoms. The van der Waals surface area contributed by atoms with Crippen molar-refractivity contribution in [1.29, 1.82) is 0 Å². The van der Waals surface area contributed by atoms with Gasteiger partial charge in [-0.15, -0.1) is 0 Å². The molecule has 0 heterocycles. The Morgan fingerprint density at radius 2 is 1.84 bits per heavy atom. The molecule has 0 saturated heterocycles. The van der Waals surface area contributed by atoms with E-state index < -0.39 is 0 Å². The van der Waals surface area contributed by atoms with Gasteiger partial charge >= 0.3 is 0 Å². The van der Waals surface area contributed by atoms with Crippen LogP contribution in [0.3, 0.4) is 0 Å². The van der Waals surface area contributed by atoms with Crippen molar-refractivity contribution < 1.29 is 9.18 Å². The minimum absolute atomic E-state index is 0.0242. The molecule has 0 spiro atoms. The summed E-state index contributed by atoms with van der Waals surface area (Å²) in [6.45, 7) is 8.88. The fraction of sp³-hybridized carbons (Fsp3) is 0.533. The van der Waals surface area contributed by atoms with Crippen LogP contribution in [0, 0.1) is 5.82 Å². The zero-order valence-electron chi connectivity index (χ0n) is 12.1. The number of benzene rings is 1. The Balaban J connectivity index is 2.50. The number of carbonyl (C=O) groups is 1. The van der Waals surface area contributed by atoms with Crippen molar-refractivity contribution in [3.05, 3.63) is 35.6 Å². The monoisotopic (exact) mass is 266 g/mol. The molecule has 0 radical (unpaired) electrons. The molecular weight excluding hydrogens is 243 g/mol. The molecule has 1 amide bonds. The molecule has 0 unspecified atom stereocenters. The first-order chi connectivity index (χ1) is 8.81. The standard InChI is InChI=1S/C15H23FN2O/c1-11(2)17-9-14(19)18-10-15(3,4)12-5-7-13(16)8-6-12/h5-8,11,17H,9-10H2,1-4H3,(H,18,19). The van der Waals surface area contributed by atoms with Gasteiger partial charge in [-0.1, -0.05) is 39.8 Å². The van der Waals surface area contributed by atoms with Gasteiger partial charge < -0.3 is 10.6 Å². The average Bonchev–Trinajstić information content (AvgIpc) is 2.34. The SMILES string of the molecule is CC(C)NCC(=O)NCC(C)(C)c1ccc(F)cc1. The number of amides is 1. The van der Waals surface area contributed by atoms with Crippen LogP contribution in [0.1, 0.15) is 33.3 Å². The molecule has 106 valence electrons. The van der Waals surface area contributed by atoms with Crippen molar-refractivity contribution in [3.63, 3.8) is 0 Å². The molecule has 3 nitrogen and oxygen atoms in total. The molecule has 0 aliphatic rings. The van der Waals surface area contributed by atoms with Gasteiger partial charge in [0.2, 0.25) is 5.91 Å². The Morgan fingerprint density at radius 1 is 1.26 bits per heavy atom. The third-order valence-electron chi connectivity index (χ3n) is 3.02. The van der Waals surface area contributed by atoms with Gasteiger partial charge in [0.05, 0.1) is 6.54 Å². The van der Waals surface area contributed by atoms with Gasteiger partial charge in [0.1, 0.15) is 5.82 Å². The first-order valence-electron chi connectivity index (χ1n) is 6.57. The fourth-order valence-electron chi connectivity index (χ4n) is 1.68. The molecular formula is C15H23FN2O. The summed E-state index contributed by atoms with van der Waals surface area (Å²) in [7, 11) is 0. The van der Waals surface area contributed by atoms with E-state index in [9.17, 15) is 9.18 Å². The van der Waals surface area contributed by atoms with E-state index in [1.807, 2.05) is 27.7 Å². The summed E-state index contributed by atoms with van der Waals surface area (Å²) in [5.74, 6) is -0.270. The average molecular weight is 266 g/mol. The second-order valence-corrected chi connectivity index (χ2v) is 5.70. The zero-order valence-corrected chi connectivity index (χ0v) is 12.1. The van der Waals surface area contributed by atoms with Crippen LogP contribution in [-0.2, 0) is 10.2 Å². The van der Waals surface area contributed by atoms with Crippen LogP contribution >= 0.6 is 0 Å². The lowest BCUT2D eigenvalue weighted by Crippen LogP contribution is -2.42. The van der Waals surface area contributed by atoms with Crippen LogP contribution in [0.5, 0.6) is 0 Å². The minimum Gasteiger partial charge on any atom is -0.354 e. The van der Waals surface area contributed by atoms with Crippen LogP contribution in [0.4, 0.5) is 4.39 Å². The van der Waals surface area contributed by atoms with E-state index in [1.54, 1.807) is 12.1 Å². The Labute approximate surface area is 114 Å². The number of carbonyl (C=O) groups excluding carboxylic acids is 1. The minimum atomic E-state index is -0.246.